The van der Waals surface area contributed by atoms with E-state index in [1.165, 1.54) is 12.1 Å². The number of rotatable bonds is 9. The summed E-state index contributed by atoms with van der Waals surface area (Å²) < 4.78 is 41.1. The summed E-state index contributed by atoms with van der Waals surface area (Å²) in [4.78, 5) is 23.6. The summed E-state index contributed by atoms with van der Waals surface area (Å²) in [6.07, 6.45) is -0.691. The van der Waals surface area contributed by atoms with Gasteiger partial charge in [0.1, 0.15) is 5.75 Å². The highest BCUT2D eigenvalue weighted by molar-refractivity contribution is 5.89. The zero-order valence-corrected chi connectivity index (χ0v) is 21.9. The van der Waals surface area contributed by atoms with Crippen molar-refractivity contribution in [2.45, 2.75) is 51.4 Å². The van der Waals surface area contributed by atoms with Crippen LogP contribution in [0.3, 0.4) is 0 Å². The molecule has 1 unspecified atom stereocenters. The average Bonchev–Trinajstić information content (AvgIpc) is 2.85. The van der Waals surface area contributed by atoms with Crippen molar-refractivity contribution in [3.8, 4) is 5.75 Å². The summed E-state index contributed by atoms with van der Waals surface area (Å²) in [5.41, 5.74) is 3.93. The maximum Gasteiger partial charge on any atom is 0.573 e. The summed E-state index contributed by atoms with van der Waals surface area (Å²) in [5, 5.41) is 14.4. The van der Waals surface area contributed by atoms with Gasteiger partial charge >= 0.3 is 18.4 Å². The molecule has 0 aromatic heterocycles. The van der Waals surface area contributed by atoms with Gasteiger partial charge in [0.25, 0.3) is 0 Å². The molecule has 206 valence electrons. The third kappa shape index (κ3) is 9.52. The molecule has 1 atom stereocenters. The monoisotopic (exact) mass is 540 g/mol. The molecule has 0 aliphatic rings. The Kier molecular flexibility index (Phi) is 9.40. The minimum atomic E-state index is -4.80. The molecule has 3 N–H and O–H groups in total. The number of hydrogen-bond donors (Lipinski definition) is 3. The van der Waals surface area contributed by atoms with Gasteiger partial charge in [-0.05, 0) is 58.4 Å². The van der Waals surface area contributed by atoms with E-state index in [2.05, 4.69) is 36.1 Å². The third-order valence-corrected chi connectivity index (χ3v) is 5.84. The first-order valence-electron chi connectivity index (χ1n) is 12.3. The molecular weight excluding hydrogens is 509 g/mol. The SMILES string of the molecule is CC(C)(C)c1ccc(C(NC(=O)Nc2ccc(OC(F)(F)F)cc2)c2ccc(C=CCCC(=O)O)cc2)cc1. The molecule has 39 heavy (non-hydrogen) atoms. The summed E-state index contributed by atoms with van der Waals surface area (Å²) in [6, 6.07) is 19.3. The second kappa shape index (κ2) is 12.5. The first-order valence-corrected chi connectivity index (χ1v) is 12.3. The van der Waals surface area contributed by atoms with E-state index < -0.39 is 24.4 Å². The van der Waals surface area contributed by atoms with Gasteiger partial charge in [0, 0.05) is 12.1 Å². The number of carbonyl (C=O) groups is 2. The van der Waals surface area contributed by atoms with Crippen molar-refractivity contribution in [2.75, 3.05) is 5.32 Å². The summed E-state index contributed by atoms with van der Waals surface area (Å²) in [5.74, 6) is -1.24. The van der Waals surface area contributed by atoms with Crippen molar-refractivity contribution in [2.24, 2.45) is 0 Å². The van der Waals surface area contributed by atoms with Crippen LogP contribution in [0, 0.1) is 0 Å². The number of aliphatic carboxylic acids is 1. The Bertz CT molecular complexity index is 1280. The van der Waals surface area contributed by atoms with Crippen molar-refractivity contribution in [3.05, 3.63) is 101 Å². The molecule has 0 spiro atoms. The Labute approximate surface area is 225 Å². The maximum atomic E-state index is 12.9. The minimum Gasteiger partial charge on any atom is -0.481 e. The smallest absolute Gasteiger partial charge is 0.481 e. The lowest BCUT2D eigenvalue weighted by Gasteiger charge is -2.23. The van der Waals surface area contributed by atoms with Crippen molar-refractivity contribution in [1.29, 1.82) is 0 Å². The zero-order chi connectivity index (χ0) is 28.6. The first-order chi connectivity index (χ1) is 18.3. The minimum absolute atomic E-state index is 0.0462. The standard InChI is InChI=1S/C30H31F3N2O4/c1-29(2,3)23-14-12-22(13-15-23)27(21-10-8-20(9-11-21)6-4-5-7-26(36)37)35-28(38)34-24-16-18-25(19-17-24)39-30(31,32)33/h4,6,8-19,27H,5,7H2,1-3H3,(H,36,37)(H2,34,35,38). The predicted octanol–water partition coefficient (Wildman–Crippen LogP) is 7.67. The van der Waals surface area contributed by atoms with Crippen molar-refractivity contribution < 1.29 is 32.6 Å². The van der Waals surface area contributed by atoms with E-state index in [9.17, 15) is 22.8 Å². The number of carbonyl (C=O) groups excluding carboxylic acids is 1. The summed E-state index contributed by atoms with van der Waals surface area (Å²) in [6.45, 7) is 6.33. The molecule has 0 radical (unpaired) electrons. The lowest BCUT2D eigenvalue weighted by atomic mass is 9.85. The van der Waals surface area contributed by atoms with Gasteiger partial charge < -0.3 is 20.5 Å². The first kappa shape index (κ1) is 29.3. The van der Waals surface area contributed by atoms with E-state index in [-0.39, 0.29) is 17.6 Å². The highest BCUT2D eigenvalue weighted by atomic mass is 19.4. The van der Waals surface area contributed by atoms with Crippen LogP contribution in [0.2, 0.25) is 0 Å². The Hall–Kier alpha value is -4.27. The van der Waals surface area contributed by atoms with E-state index in [1.807, 2.05) is 54.6 Å². The Morgan fingerprint density at radius 1 is 0.897 bits per heavy atom. The molecule has 3 rings (SSSR count). The number of allylic oxidation sites excluding steroid dienone is 1. The van der Waals surface area contributed by atoms with Crippen LogP contribution in [0.5, 0.6) is 5.75 Å². The van der Waals surface area contributed by atoms with Crippen LogP contribution >= 0.6 is 0 Å². The lowest BCUT2D eigenvalue weighted by molar-refractivity contribution is -0.274. The normalized spacial score (nSPS) is 12.7. The number of carboxylic acid groups (broad SMARTS) is 1. The third-order valence-electron chi connectivity index (χ3n) is 5.84. The fourth-order valence-electron chi connectivity index (χ4n) is 3.80. The number of hydrogen-bond acceptors (Lipinski definition) is 3. The van der Waals surface area contributed by atoms with Crippen molar-refractivity contribution in [1.82, 2.24) is 5.32 Å². The van der Waals surface area contributed by atoms with Crippen LogP contribution in [0.4, 0.5) is 23.7 Å². The van der Waals surface area contributed by atoms with Crippen LogP contribution in [-0.2, 0) is 10.2 Å². The highest BCUT2D eigenvalue weighted by Crippen LogP contribution is 2.28. The van der Waals surface area contributed by atoms with Gasteiger partial charge in [0.05, 0.1) is 6.04 Å². The number of halogens is 3. The van der Waals surface area contributed by atoms with Crippen molar-refractivity contribution >= 4 is 23.8 Å². The van der Waals surface area contributed by atoms with E-state index in [0.29, 0.717) is 12.1 Å². The van der Waals surface area contributed by atoms with Crippen LogP contribution in [0.25, 0.3) is 6.08 Å². The summed E-state index contributed by atoms with van der Waals surface area (Å²) >= 11 is 0. The number of alkyl halides is 3. The van der Waals surface area contributed by atoms with Crippen LogP contribution in [0.1, 0.15) is 61.9 Å². The van der Waals surface area contributed by atoms with E-state index in [0.717, 1.165) is 34.4 Å². The van der Waals surface area contributed by atoms with Gasteiger partial charge in [0.2, 0.25) is 0 Å². The van der Waals surface area contributed by atoms with Gasteiger partial charge in [-0.25, -0.2) is 4.79 Å². The average molecular weight is 541 g/mol. The molecule has 0 fully saturated rings. The molecule has 0 aliphatic heterocycles. The maximum absolute atomic E-state index is 12.9. The number of amides is 2. The van der Waals surface area contributed by atoms with E-state index in [4.69, 9.17) is 5.11 Å². The molecular formula is C30H31F3N2O4. The number of ether oxygens (including phenoxy) is 1. The highest BCUT2D eigenvalue weighted by Gasteiger charge is 2.31. The molecule has 3 aromatic carbocycles. The Morgan fingerprint density at radius 2 is 1.46 bits per heavy atom. The molecule has 9 heteroatoms. The molecule has 0 saturated carbocycles. The number of nitrogens with one attached hydrogen (secondary N) is 2. The Balaban J connectivity index is 1.79. The quantitative estimate of drug-likeness (QED) is 0.260. The molecule has 0 aliphatic carbocycles. The van der Waals surface area contributed by atoms with Gasteiger partial charge in [-0.15, -0.1) is 13.2 Å². The zero-order valence-electron chi connectivity index (χ0n) is 21.9. The number of carboxylic acids is 1. The Morgan fingerprint density at radius 3 is 1.97 bits per heavy atom. The predicted molar refractivity (Wildman–Crippen MR) is 145 cm³/mol. The van der Waals surface area contributed by atoms with E-state index in [1.54, 1.807) is 6.08 Å². The van der Waals surface area contributed by atoms with Crippen LogP contribution in [0.15, 0.2) is 78.9 Å². The number of benzene rings is 3. The van der Waals surface area contributed by atoms with Crippen LogP contribution in [-0.4, -0.2) is 23.5 Å². The van der Waals surface area contributed by atoms with Gasteiger partial charge in [-0.2, -0.15) is 0 Å². The second-order valence-corrected chi connectivity index (χ2v) is 9.98. The molecule has 0 heterocycles. The molecule has 6 nitrogen and oxygen atoms in total. The van der Waals surface area contributed by atoms with Gasteiger partial charge in [-0.3, -0.25) is 4.79 Å². The fourth-order valence-corrected chi connectivity index (χ4v) is 3.80. The largest absolute Gasteiger partial charge is 0.573 e. The molecule has 3 aromatic rings. The fraction of sp³-hybridized carbons (Fsp3) is 0.267. The topological polar surface area (TPSA) is 87.7 Å². The van der Waals surface area contributed by atoms with Gasteiger partial charge in [0.15, 0.2) is 0 Å². The second-order valence-electron chi connectivity index (χ2n) is 9.98. The number of anilines is 1. The molecule has 2 amide bonds. The molecule has 0 bridgehead atoms. The molecule has 0 saturated heterocycles. The van der Waals surface area contributed by atoms with Crippen LogP contribution < -0.4 is 15.4 Å². The summed E-state index contributed by atoms with van der Waals surface area (Å²) in [7, 11) is 0. The van der Waals surface area contributed by atoms with Crippen molar-refractivity contribution in [3.63, 3.8) is 0 Å². The lowest BCUT2D eigenvalue weighted by Crippen LogP contribution is -2.33. The van der Waals surface area contributed by atoms with Gasteiger partial charge in [-0.1, -0.05) is 81.5 Å². The van der Waals surface area contributed by atoms with E-state index >= 15 is 0 Å². The number of urea groups is 1.